The SMILES string of the molecule is CCCNC(C1=CCCO1)c1cn(C)nc1CC. The number of nitrogens with one attached hydrogen (secondary N) is 1. The van der Waals surface area contributed by atoms with Gasteiger partial charge in [-0.3, -0.25) is 4.68 Å². The maximum absolute atomic E-state index is 5.74. The van der Waals surface area contributed by atoms with Crippen molar-refractivity contribution in [3.05, 3.63) is 29.3 Å². The van der Waals surface area contributed by atoms with Gasteiger partial charge in [-0.1, -0.05) is 13.8 Å². The van der Waals surface area contributed by atoms with Crippen molar-refractivity contribution < 1.29 is 4.74 Å². The average molecular weight is 249 g/mol. The van der Waals surface area contributed by atoms with Gasteiger partial charge in [0.05, 0.1) is 18.3 Å². The highest BCUT2D eigenvalue weighted by Crippen LogP contribution is 2.28. The van der Waals surface area contributed by atoms with Crippen molar-refractivity contribution in [2.24, 2.45) is 7.05 Å². The molecule has 0 spiro atoms. The molecule has 1 unspecified atom stereocenters. The van der Waals surface area contributed by atoms with Crippen molar-refractivity contribution in [1.29, 1.82) is 0 Å². The molecular weight excluding hydrogens is 226 g/mol. The summed E-state index contributed by atoms with van der Waals surface area (Å²) in [5, 5.41) is 8.09. The summed E-state index contributed by atoms with van der Waals surface area (Å²) in [5.41, 5.74) is 2.41. The van der Waals surface area contributed by atoms with E-state index in [1.165, 1.54) is 5.56 Å². The Morgan fingerprint density at radius 1 is 1.50 bits per heavy atom. The summed E-state index contributed by atoms with van der Waals surface area (Å²) < 4.78 is 7.63. The summed E-state index contributed by atoms with van der Waals surface area (Å²) >= 11 is 0. The van der Waals surface area contributed by atoms with Gasteiger partial charge in [-0.05, 0) is 25.5 Å². The van der Waals surface area contributed by atoms with E-state index in [4.69, 9.17) is 4.74 Å². The number of aryl methyl sites for hydroxylation is 2. The molecule has 1 aliphatic heterocycles. The Morgan fingerprint density at radius 3 is 2.94 bits per heavy atom. The minimum atomic E-state index is 0.163. The summed E-state index contributed by atoms with van der Waals surface area (Å²) in [6.45, 7) is 6.12. The molecule has 1 aromatic rings. The molecule has 0 saturated heterocycles. The molecule has 0 saturated carbocycles. The maximum atomic E-state index is 5.74. The molecule has 2 rings (SSSR count). The predicted molar refractivity (Wildman–Crippen MR) is 72.3 cm³/mol. The summed E-state index contributed by atoms with van der Waals surface area (Å²) in [5.74, 6) is 1.06. The summed E-state index contributed by atoms with van der Waals surface area (Å²) in [7, 11) is 1.98. The molecule has 0 fully saturated rings. The van der Waals surface area contributed by atoms with Crippen molar-refractivity contribution >= 4 is 0 Å². The second-order valence-electron chi connectivity index (χ2n) is 4.69. The second kappa shape index (κ2) is 6.05. The third-order valence-corrected chi connectivity index (χ3v) is 3.20. The Labute approximate surface area is 109 Å². The van der Waals surface area contributed by atoms with Crippen LogP contribution in [0.4, 0.5) is 0 Å². The molecule has 0 radical (unpaired) electrons. The first-order valence-electron chi connectivity index (χ1n) is 6.84. The minimum Gasteiger partial charge on any atom is -0.496 e. The van der Waals surface area contributed by atoms with Gasteiger partial charge in [-0.2, -0.15) is 5.10 Å². The van der Waals surface area contributed by atoms with Crippen LogP contribution in [0, 0.1) is 0 Å². The zero-order chi connectivity index (χ0) is 13.0. The first-order valence-corrected chi connectivity index (χ1v) is 6.84. The van der Waals surface area contributed by atoms with Gasteiger partial charge in [0, 0.05) is 25.2 Å². The van der Waals surface area contributed by atoms with Crippen LogP contribution < -0.4 is 5.32 Å². The van der Waals surface area contributed by atoms with E-state index < -0.39 is 0 Å². The fraction of sp³-hybridized carbons (Fsp3) is 0.643. The number of rotatable bonds is 6. The van der Waals surface area contributed by atoms with Crippen LogP contribution in [0.3, 0.4) is 0 Å². The normalized spacial score (nSPS) is 16.5. The van der Waals surface area contributed by atoms with E-state index in [-0.39, 0.29) is 6.04 Å². The largest absolute Gasteiger partial charge is 0.496 e. The van der Waals surface area contributed by atoms with Crippen LogP contribution in [0.1, 0.15) is 44.0 Å². The highest BCUT2D eigenvalue weighted by atomic mass is 16.5. The van der Waals surface area contributed by atoms with E-state index in [0.29, 0.717) is 0 Å². The van der Waals surface area contributed by atoms with Crippen molar-refractivity contribution in [3.63, 3.8) is 0 Å². The molecule has 4 nitrogen and oxygen atoms in total. The van der Waals surface area contributed by atoms with Crippen LogP contribution in [0.25, 0.3) is 0 Å². The first-order chi connectivity index (χ1) is 8.76. The Morgan fingerprint density at radius 2 is 2.33 bits per heavy atom. The van der Waals surface area contributed by atoms with Gasteiger partial charge < -0.3 is 10.1 Å². The summed E-state index contributed by atoms with van der Waals surface area (Å²) in [6.07, 6.45) is 7.38. The van der Waals surface area contributed by atoms with Gasteiger partial charge in [0.1, 0.15) is 5.76 Å². The number of ether oxygens (including phenoxy) is 1. The fourth-order valence-corrected chi connectivity index (χ4v) is 2.36. The van der Waals surface area contributed by atoms with Crippen LogP contribution in [0.5, 0.6) is 0 Å². The summed E-state index contributed by atoms with van der Waals surface area (Å²) in [6, 6.07) is 0.163. The van der Waals surface area contributed by atoms with Gasteiger partial charge in [0.2, 0.25) is 0 Å². The van der Waals surface area contributed by atoms with Crippen molar-refractivity contribution in [3.8, 4) is 0 Å². The van der Waals surface area contributed by atoms with E-state index in [1.54, 1.807) is 0 Å². The third-order valence-electron chi connectivity index (χ3n) is 3.20. The molecule has 0 bridgehead atoms. The predicted octanol–water partition coefficient (Wildman–Crippen LogP) is 2.33. The van der Waals surface area contributed by atoms with Crippen molar-refractivity contribution in [2.75, 3.05) is 13.2 Å². The molecule has 0 amide bonds. The van der Waals surface area contributed by atoms with Gasteiger partial charge >= 0.3 is 0 Å². The maximum Gasteiger partial charge on any atom is 0.114 e. The van der Waals surface area contributed by atoms with Crippen LogP contribution >= 0.6 is 0 Å². The second-order valence-corrected chi connectivity index (χ2v) is 4.69. The Kier molecular flexibility index (Phi) is 4.42. The van der Waals surface area contributed by atoms with E-state index in [0.717, 1.165) is 43.9 Å². The van der Waals surface area contributed by atoms with Crippen molar-refractivity contribution in [2.45, 2.75) is 39.2 Å². The molecular formula is C14H23N3O. The molecule has 2 heterocycles. The van der Waals surface area contributed by atoms with E-state index in [2.05, 4.69) is 36.5 Å². The third kappa shape index (κ3) is 2.75. The van der Waals surface area contributed by atoms with Crippen molar-refractivity contribution in [1.82, 2.24) is 15.1 Å². The first kappa shape index (κ1) is 13.1. The lowest BCUT2D eigenvalue weighted by Crippen LogP contribution is -2.24. The monoisotopic (exact) mass is 249 g/mol. The number of nitrogens with zero attached hydrogens (tertiary/aromatic N) is 2. The number of hydrogen-bond acceptors (Lipinski definition) is 3. The molecule has 4 heteroatoms. The van der Waals surface area contributed by atoms with Crippen LogP contribution in [0.15, 0.2) is 18.0 Å². The lowest BCUT2D eigenvalue weighted by atomic mass is 10.0. The molecule has 1 aliphatic rings. The van der Waals surface area contributed by atoms with Gasteiger partial charge in [-0.15, -0.1) is 0 Å². The fourth-order valence-electron chi connectivity index (χ4n) is 2.36. The van der Waals surface area contributed by atoms with Crippen LogP contribution in [-0.4, -0.2) is 22.9 Å². The Hall–Kier alpha value is -1.29. The lowest BCUT2D eigenvalue weighted by molar-refractivity contribution is 0.215. The zero-order valence-corrected chi connectivity index (χ0v) is 11.6. The zero-order valence-electron chi connectivity index (χ0n) is 11.6. The number of hydrogen-bond donors (Lipinski definition) is 1. The van der Waals surface area contributed by atoms with Gasteiger partial charge in [0.15, 0.2) is 0 Å². The average Bonchev–Trinajstić information content (AvgIpc) is 2.99. The van der Waals surface area contributed by atoms with Crippen LogP contribution in [0.2, 0.25) is 0 Å². The quantitative estimate of drug-likeness (QED) is 0.841. The highest BCUT2D eigenvalue weighted by molar-refractivity contribution is 5.29. The molecule has 1 atom stereocenters. The molecule has 1 aromatic heterocycles. The molecule has 0 aliphatic carbocycles. The molecule has 0 aromatic carbocycles. The summed E-state index contributed by atoms with van der Waals surface area (Å²) in [4.78, 5) is 0. The smallest absolute Gasteiger partial charge is 0.114 e. The molecule has 100 valence electrons. The van der Waals surface area contributed by atoms with Crippen LogP contribution in [-0.2, 0) is 18.2 Å². The Bertz CT molecular complexity index is 423. The van der Waals surface area contributed by atoms with E-state index >= 15 is 0 Å². The highest BCUT2D eigenvalue weighted by Gasteiger charge is 2.24. The molecule has 18 heavy (non-hydrogen) atoms. The Balaban J connectivity index is 2.26. The van der Waals surface area contributed by atoms with E-state index in [9.17, 15) is 0 Å². The number of aromatic nitrogens is 2. The standard InChI is InChI=1S/C14H23N3O/c1-4-8-15-14(13-7-6-9-18-13)11-10-17(3)16-12(11)5-2/h7,10,14-15H,4-6,8-9H2,1-3H3. The van der Waals surface area contributed by atoms with Gasteiger partial charge in [-0.25, -0.2) is 0 Å². The van der Waals surface area contributed by atoms with E-state index in [1.807, 2.05) is 11.7 Å². The molecule has 1 N–H and O–H groups in total. The van der Waals surface area contributed by atoms with Gasteiger partial charge in [0.25, 0.3) is 0 Å². The minimum absolute atomic E-state index is 0.163. The topological polar surface area (TPSA) is 39.1 Å². The lowest BCUT2D eigenvalue weighted by Gasteiger charge is -2.19.